The summed E-state index contributed by atoms with van der Waals surface area (Å²) in [6.45, 7) is 1.25. The second-order valence-corrected chi connectivity index (χ2v) is 7.17. The van der Waals surface area contributed by atoms with Crippen LogP contribution in [-0.2, 0) is 6.54 Å². The van der Waals surface area contributed by atoms with Gasteiger partial charge in [-0.3, -0.25) is 9.88 Å². The number of carbonyl (C=O) groups is 1. The van der Waals surface area contributed by atoms with Gasteiger partial charge in [-0.05, 0) is 56.3 Å². The first kappa shape index (κ1) is 15.7. The number of nitrogens with two attached hydrogens (primary N) is 1. The number of halogens is 1. The highest BCUT2D eigenvalue weighted by atomic mass is 35.5. The predicted octanol–water partition coefficient (Wildman–Crippen LogP) is 3.44. The van der Waals surface area contributed by atoms with Crippen molar-refractivity contribution < 1.29 is 4.79 Å². The summed E-state index contributed by atoms with van der Waals surface area (Å²) >= 11 is 6.21. The van der Waals surface area contributed by atoms with Gasteiger partial charge in [0.1, 0.15) is 0 Å². The summed E-state index contributed by atoms with van der Waals surface area (Å²) in [5.41, 5.74) is 8.70. The number of fused-ring (bicyclic) bond motifs is 3. The predicted molar refractivity (Wildman–Crippen MR) is 96.3 cm³/mol. The number of anilines is 1. The van der Waals surface area contributed by atoms with Gasteiger partial charge in [-0.25, -0.2) is 4.79 Å². The van der Waals surface area contributed by atoms with Gasteiger partial charge in [-0.2, -0.15) is 0 Å². The third-order valence-electron chi connectivity index (χ3n) is 5.28. The van der Waals surface area contributed by atoms with Crippen molar-refractivity contribution in [2.45, 2.75) is 38.3 Å². The van der Waals surface area contributed by atoms with Crippen LogP contribution < -0.4 is 16.0 Å². The van der Waals surface area contributed by atoms with Crippen molar-refractivity contribution in [3.05, 3.63) is 35.0 Å². The Morgan fingerprint density at radius 1 is 1.29 bits per heavy atom. The van der Waals surface area contributed by atoms with E-state index in [0.717, 1.165) is 54.4 Å². The minimum Gasteiger partial charge on any atom is -0.333 e. The number of benzene rings is 1. The maximum absolute atomic E-state index is 12.7. The molecule has 1 aromatic heterocycles. The van der Waals surface area contributed by atoms with Gasteiger partial charge in [0.15, 0.2) is 0 Å². The highest BCUT2D eigenvalue weighted by Gasteiger charge is 2.34. The van der Waals surface area contributed by atoms with E-state index in [4.69, 9.17) is 17.3 Å². The summed E-state index contributed by atoms with van der Waals surface area (Å²) in [6, 6.07) is 5.85. The number of urea groups is 1. The number of carbonyl (C=O) groups excluding carboxylic acids is 1. The van der Waals surface area contributed by atoms with E-state index in [1.807, 2.05) is 29.3 Å². The van der Waals surface area contributed by atoms with Gasteiger partial charge in [0.05, 0.1) is 11.2 Å². The van der Waals surface area contributed by atoms with Crippen LogP contribution in [0.25, 0.3) is 10.9 Å². The van der Waals surface area contributed by atoms with Crippen molar-refractivity contribution in [2.24, 2.45) is 11.7 Å². The van der Waals surface area contributed by atoms with E-state index in [2.05, 4.69) is 10.3 Å². The normalized spacial score (nSPS) is 23.9. The molecule has 1 fully saturated rings. The lowest BCUT2D eigenvalue weighted by Gasteiger charge is -2.40. The molecule has 0 bridgehead atoms. The molecular formula is C18H21ClN4O. The van der Waals surface area contributed by atoms with Crippen molar-refractivity contribution >= 4 is 34.2 Å². The first-order valence-corrected chi connectivity index (χ1v) is 8.89. The summed E-state index contributed by atoms with van der Waals surface area (Å²) in [5, 5.41) is 4.60. The Bertz CT molecular complexity index is 786. The topological polar surface area (TPSA) is 71.2 Å². The monoisotopic (exact) mass is 344 g/mol. The largest absolute Gasteiger partial charge is 0.333 e. The Labute approximate surface area is 146 Å². The molecule has 1 aliphatic carbocycles. The molecule has 4 rings (SSSR count). The average molecular weight is 345 g/mol. The molecule has 2 aliphatic rings. The van der Waals surface area contributed by atoms with Crippen LogP contribution >= 0.6 is 11.6 Å². The number of nitrogens with zero attached hydrogens (tertiary/aromatic N) is 2. The van der Waals surface area contributed by atoms with Crippen LogP contribution in [0.4, 0.5) is 10.5 Å². The molecule has 3 N–H and O–H groups in total. The number of rotatable bonds is 2. The summed E-state index contributed by atoms with van der Waals surface area (Å²) in [6.07, 6.45) is 5.98. The Morgan fingerprint density at radius 2 is 2.08 bits per heavy atom. The zero-order valence-electron chi connectivity index (χ0n) is 13.5. The third kappa shape index (κ3) is 2.62. The van der Waals surface area contributed by atoms with Crippen molar-refractivity contribution in [2.75, 3.05) is 11.4 Å². The fourth-order valence-electron chi connectivity index (χ4n) is 3.95. The van der Waals surface area contributed by atoms with E-state index in [9.17, 15) is 4.79 Å². The standard InChI is InChI=1S/C18H21ClN4O/c19-13-3-6-16-15(7-13)17-12(9-21-16)10-22-18(24)23(17)14-4-1-11(8-20)2-5-14/h3,6-7,9,11,14H,1-2,4-5,8,10,20H2,(H,22,24)/t11-,14-. The molecule has 126 valence electrons. The number of aromatic nitrogens is 1. The molecule has 5 nitrogen and oxygen atoms in total. The van der Waals surface area contributed by atoms with E-state index in [1.165, 1.54) is 0 Å². The van der Waals surface area contributed by atoms with Crippen LogP contribution in [0.3, 0.4) is 0 Å². The van der Waals surface area contributed by atoms with Gasteiger partial charge in [-0.15, -0.1) is 0 Å². The van der Waals surface area contributed by atoms with Gasteiger partial charge in [0, 0.05) is 34.8 Å². The Hall–Kier alpha value is -1.85. The maximum atomic E-state index is 12.7. The second kappa shape index (κ2) is 6.22. The molecule has 0 unspecified atom stereocenters. The number of nitrogens with one attached hydrogen (secondary N) is 1. The SMILES string of the molecule is NC[C@H]1CC[C@H](N2C(=O)NCc3cnc4ccc(Cl)cc4c32)CC1. The number of hydrogen-bond acceptors (Lipinski definition) is 3. The van der Waals surface area contributed by atoms with Crippen LogP contribution in [0.1, 0.15) is 31.2 Å². The minimum atomic E-state index is -0.0221. The summed E-state index contributed by atoms with van der Waals surface area (Å²) in [5.74, 6) is 0.581. The van der Waals surface area contributed by atoms with Crippen molar-refractivity contribution in [3.63, 3.8) is 0 Å². The van der Waals surface area contributed by atoms with Crippen LogP contribution in [0.5, 0.6) is 0 Å². The van der Waals surface area contributed by atoms with Crippen LogP contribution in [0, 0.1) is 5.92 Å². The lowest BCUT2D eigenvalue weighted by atomic mass is 9.85. The zero-order chi connectivity index (χ0) is 16.7. The highest BCUT2D eigenvalue weighted by molar-refractivity contribution is 6.31. The summed E-state index contributed by atoms with van der Waals surface area (Å²) < 4.78 is 0. The molecule has 1 aromatic carbocycles. The molecule has 0 saturated heterocycles. The first-order valence-electron chi connectivity index (χ1n) is 8.51. The van der Waals surface area contributed by atoms with Crippen molar-refractivity contribution in [3.8, 4) is 0 Å². The molecule has 1 saturated carbocycles. The number of pyridine rings is 1. The second-order valence-electron chi connectivity index (χ2n) is 6.73. The molecule has 0 radical (unpaired) electrons. The third-order valence-corrected chi connectivity index (χ3v) is 5.52. The van der Waals surface area contributed by atoms with Gasteiger partial charge < -0.3 is 11.1 Å². The number of amides is 2. The van der Waals surface area contributed by atoms with E-state index in [0.29, 0.717) is 17.5 Å². The van der Waals surface area contributed by atoms with E-state index >= 15 is 0 Å². The minimum absolute atomic E-state index is 0.0221. The maximum Gasteiger partial charge on any atom is 0.322 e. The summed E-state index contributed by atoms with van der Waals surface area (Å²) in [4.78, 5) is 19.1. The molecule has 0 spiro atoms. The van der Waals surface area contributed by atoms with E-state index in [1.54, 1.807) is 0 Å². The fourth-order valence-corrected chi connectivity index (χ4v) is 4.12. The molecule has 2 heterocycles. The Balaban J connectivity index is 1.79. The molecule has 1 aliphatic heterocycles. The first-order chi connectivity index (χ1) is 11.7. The molecule has 24 heavy (non-hydrogen) atoms. The van der Waals surface area contributed by atoms with Crippen molar-refractivity contribution in [1.29, 1.82) is 0 Å². The van der Waals surface area contributed by atoms with Crippen molar-refractivity contribution in [1.82, 2.24) is 10.3 Å². The highest BCUT2D eigenvalue weighted by Crippen LogP contribution is 2.38. The van der Waals surface area contributed by atoms with Crippen LogP contribution in [-0.4, -0.2) is 23.6 Å². The molecule has 6 heteroatoms. The molecular weight excluding hydrogens is 324 g/mol. The fraction of sp³-hybridized carbons (Fsp3) is 0.444. The smallest absolute Gasteiger partial charge is 0.322 e. The van der Waals surface area contributed by atoms with Gasteiger partial charge in [-0.1, -0.05) is 11.6 Å². The van der Waals surface area contributed by atoms with Gasteiger partial charge in [0.25, 0.3) is 0 Å². The zero-order valence-corrected chi connectivity index (χ0v) is 14.2. The van der Waals surface area contributed by atoms with Gasteiger partial charge in [0.2, 0.25) is 0 Å². The lowest BCUT2D eigenvalue weighted by molar-refractivity contribution is 0.236. The van der Waals surface area contributed by atoms with Crippen LogP contribution in [0.15, 0.2) is 24.4 Å². The van der Waals surface area contributed by atoms with Gasteiger partial charge >= 0.3 is 6.03 Å². The number of hydrogen-bond donors (Lipinski definition) is 2. The molecule has 0 atom stereocenters. The quantitative estimate of drug-likeness (QED) is 0.876. The summed E-state index contributed by atoms with van der Waals surface area (Å²) in [7, 11) is 0. The molecule has 2 aromatic rings. The Morgan fingerprint density at radius 3 is 2.83 bits per heavy atom. The van der Waals surface area contributed by atoms with Crippen LogP contribution in [0.2, 0.25) is 5.02 Å². The molecule has 2 amide bonds. The average Bonchev–Trinajstić information content (AvgIpc) is 2.61. The Kier molecular flexibility index (Phi) is 4.06. The van der Waals surface area contributed by atoms with E-state index < -0.39 is 0 Å². The lowest BCUT2D eigenvalue weighted by Crippen LogP contribution is -2.51. The van der Waals surface area contributed by atoms with E-state index in [-0.39, 0.29) is 12.1 Å².